The van der Waals surface area contributed by atoms with Crippen molar-refractivity contribution in [1.29, 1.82) is 0 Å². The first kappa shape index (κ1) is 13.8. The lowest BCUT2D eigenvalue weighted by atomic mass is 10.3. The molecule has 1 atom stereocenters. The van der Waals surface area contributed by atoms with Gasteiger partial charge in [0.2, 0.25) is 5.16 Å². The second-order valence-corrected chi connectivity index (χ2v) is 5.51. The maximum atomic E-state index is 9.29. The Labute approximate surface area is 115 Å². The molecule has 1 unspecified atom stereocenters. The molecule has 19 heavy (non-hydrogen) atoms. The summed E-state index contributed by atoms with van der Waals surface area (Å²) in [5, 5.41) is 22.1. The van der Waals surface area contributed by atoms with Crippen LogP contribution in [0.1, 0.15) is 13.3 Å². The van der Waals surface area contributed by atoms with Gasteiger partial charge in [-0.2, -0.15) is 4.68 Å². The van der Waals surface area contributed by atoms with Gasteiger partial charge in [-0.1, -0.05) is 18.7 Å². The third kappa shape index (κ3) is 3.68. The van der Waals surface area contributed by atoms with Crippen LogP contribution < -0.4 is 0 Å². The fourth-order valence-electron chi connectivity index (χ4n) is 1.53. The van der Waals surface area contributed by atoms with Crippen molar-refractivity contribution in [3.8, 4) is 11.4 Å². The van der Waals surface area contributed by atoms with Crippen molar-refractivity contribution in [3.05, 3.63) is 24.3 Å². The van der Waals surface area contributed by atoms with Crippen LogP contribution in [-0.2, 0) is 4.74 Å². The van der Waals surface area contributed by atoms with Crippen molar-refractivity contribution < 1.29 is 9.84 Å². The van der Waals surface area contributed by atoms with Crippen LogP contribution in [0.15, 0.2) is 29.4 Å². The summed E-state index contributed by atoms with van der Waals surface area (Å²) in [5.41, 5.74) is 0.823. The summed E-state index contributed by atoms with van der Waals surface area (Å²) in [6.45, 7) is 2.83. The molecule has 0 radical (unpaired) electrons. The highest BCUT2D eigenvalue weighted by molar-refractivity contribution is 7.99. The molecular weight excluding hydrogens is 264 g/mol. The molecule has 1 aromatic heterocycles. The number of rotatable bonds is 6. The average molecular weight is 280 g/mol. The average Bonchev–Trinajstić information content (AvgIpc) is 2.85. The molecule has 0 bridgehead atoms. The number of hydrogen-bond donors (Lipinski definition) is 1. The van der Waals surface area contributed by atoms with Crippen molar-refractivity contribution in [2.75, 3.05) is 13.7 Å². The Kier molecular flexibility index (Phi) is 4.75. The highest BCUT2D eigenvalue weighted by Gasteiger charge is 2.13. The number of aromatic nitrogens is 4. The molecule has 2 rings (SSSR count). The van der Waals surface area contributed by atoms with Gasteiger partial charge in [-0.15, -0.1) is 5.10 Å². The van der Waals surface area contributed by atoms with Gasteiger partial charge in [0.1, 0.15) is 5.75 Å². The van der Waals surface area contributed by atoms with Gasteiger partial charge in [0.25, 0.3) is 0 Å². The topological polar surface area (TPSA) is 73.1 Å². The molecule has 0 aliphatic carbocycles. The van der Waals surface area contributed by atoms with Gasteiger partial charge >= 0.3 is 0 Å². The summed E-state index contributed by atoms with van der Waals surface area (Å²) < 4.78 is 6.72. The van der Waals surface area contributed by atoms with E-state index in [0.29, 0.717) is 5.25 Å². The predicted octanol–water partition coefficient (Wildman–Crippen LogP) is 1.88. The summed E-state index contributed by atoms with van der Waals surface area (Å²) in [6.07, 6.45) is 0.934. The quantitative estimate of drug-likeness (QED) is 0.815. The van der Waals surface area contributed by atoms with E-state index < -0.39 is 0 Å². The Balaban J connectivity index is 2.11. The number of aromatic hydroxyl groups is 1. The maximum absolute atomic E-state index is 9.29. The summed E-state index contributed by atoms with van der Waals surface area (Å²) in [4.78, 5) is 0. The lowest BCUT2D eigenvalue weighted by Gasteiger charge is -2.10. The van der Waals surface area contributed by atoms with Crippen LogP contribution in [0.2, 0.25) is 0 Å². The fraction of sp³-hybridized carbons (Fsp3) is 0.417. The molecule has 102 valence electrons. The number of hydrogen-bond acceptors (Lipinski definition) is 6. The molecule has 0 fully saturated rings. The van der Waals surface area contributed by atoms with E-state index in [0.717, 1.165) is 23.9 Å². The van der Waals surface area contributed by atoms with Crippen molar-refractivity contribution in [3.63, 3.8) is 0 Å². The van der Waals surface area contributed by atoms with Crippen LogP contribution in [0.4, 0.5) is 0 Å². The van der Waals surface area contributed by atoms with Gasteiger partial charge in [0.15, 0.2) is 0 Å². The van der Waals surface area contributed by atoms with Gasteiger partial charge in [-0.3, -0.25) is 0 Å². The number of methoxy groups -OCH3 is 1. The van der Waals surface area contributed by atoms with E-state index in [-0.39, 0.29) is 5.75 Å². The molecule has 7 heteroatoms. The van der Waals surface area contributed by atoms with Crippen molar-refractivity contribution >= 4 is 11.8 Å². The van der Waals surface area contributed by atoms with E-state index in [9.17, 15) is 5.11 Å². The number of phenols is 1. The summed E-state index contributed by atoms with van der Waals surface area (Å²) in [5.74, 6) is 0.222. The van der Waals surface area contributed by atoms with E-state index in [2.05, 4.69) is 22.4 Å². The standard InChI is InChI=1S/C12H16N4O2S/c1-9(7-8-18-2)19-12-13-14-15-16(12)10-3-5-11(17)6-4-10/h3-6,9,17H,7-8H2,1-2H3. The minimum Gasteiger partial charge on any atom is -0.508 e. The smallest absolute Gasteiger partial charge is 0.214 e. The molecule has 0 aliphatic rings. The third-order valence-corrected chi connectivity index (χ3v) is 3.67. The number of phenolic OH excluding ortho intramolecular Hbond substituents is 1. The van der Waals surface area contributed by atoms with Gasteiger partial charge in [-0.25, -0.2) is 0 Å². The van der Waals surface area contributed by atoms with Gasteiger partial charge in [-0.05, 0) is 41.1 Å². The summed E-state index contributed by atoms with van der Waals surface area (Å²) >= 11 is 1.60. The third-order valence-electron chi connectivity index (χ3n) is 2.57. The van der Waals surface area contributed by atoms with Crippen molar-refractivity contribution in [1.82, 2.24) is 20.2 Å². The molecule has 0 spiro atoms. The molecule has 0 saturated heterocycles. The van der Waals surface area contributed by atoms with Crippen LogP contribution in [0, 0.1) is 0 Å². The molecule has 0 saturated carbocycles. The summed E-state index contributed by atoms with van der Waals surface area (Å²) in [7, 11) is 1.69. The number of benzene rings is 1. The lowest BCUT2D eigenvalue weighted by Crippen LogP contribution is -2.05. The van der Waals surface area contributed by atoms with E-state index >= 15 is 0 Å². The molecule has 0 aliphatic heterocycles. The Morgan fingerprint density at radius 3 is 2.79 bits per heavy atom. The van der Waals surface area contributed by atoms with Gasteiger partial charge < -0.3 is 9.84 Å². The van der Waals surface area contributed by atoms with Crippen LogP contribution in [0.25, 0.3) is 5.69 Å². The number of thioether (sulfide) groups is 1. The Hall–Kier alpha value is -1.60. The molecule has 1 aromatic carbocycles. The van der Waals surface area contributed by atoms with Crippen LogP contribution >= 0.6 is 11.8 Å². The molecule has 1 N–H and O–H groups in total. The second-order valence-electron chi connectivity index (χ2n) is 4.10. The van der Waals surface area contributed by atoms with Crippen LogP contribution in [0.3, 0.4) is 0 Å². The Bertz CT molecular complexity index is 515. The monoisotopic (exact) mass is 280 g/mol. The number of nitrogens with zero attached hydrogens (tertiary/aromatic N) is 4. The fourth-order valence-corrected chi connectivity index (χ4v) is 2.43. The normalized spacial score (nSPS) is 12.5. The highest BCUT2D eigenvalue weighted by atomic mass is 32.2. The zero-order chi connectivity index (χ0) is 13.7. The Morgan fingerprint density at radius 1 is 1.37 bits per heavy atom. The first-order valence-corrected chi connectivity index (χ1v) is 6.82. The zero-order valence-electron chi connectivity index (χ0n) is 10.9. The Morgan fingerprint density at radius 2 is 2.11 bits per heavy atom. The minimum absolute atomic E-state index is 0.222. The van der Waals surface area contributed by atoms with Crippen LogP contribution in [-0.4, -0.2) is 44.3 Å². The van der Waals surface area contributed by atoms with Crippen molar-refractivity contribution in [2.45, 2.75) is 23.8 Å². The largest absolute Gasteiger partial charge is 0.508 e. The highest BCUT2D eigenvalue weighted by Crippen LogP contribution is 2.25. The van der Waals surface area contributed by atoms with Crippen molar-refractivity contribution in [2.24, 2.45) is 0 Å². The lowest BCUT2D eigenvalue weighted by molar-refractivity contribution is 0.195. The van der Waals surface area contributed by atoms with Gasteiger partial charge in [0.05, 0.1) is 5.69 Å². The first-order chi connectivity index (χ1) is 9.20. The maximum Gasteiger partial charge on any atom is 0.214 e. The number of ether oxygens (including phenoxy) is 1. The number of tetrazole rings is 1. The van der Waals surface area contributed by atoms with Gasteiger partial charge in [0, 0.05) is 19.0 Å². The molecule has 1 heterocycles. The van der Waals surface area contributed by atoms with E-state index in [4.69, 9.17) is 4.74 Å². The molecular formula is C12H16N4O2S. The summed E-state index contributed by atoms with van der Waals surface area (Å²) in [6, 6.07) is 6.77. The zero-order valence-corrected chi connectivity index (χ0v) is 11.7. The van der Waals surface area contributed by atoms with E-state index in [1.807, 2.05) is 0 Å². The SMILES string of the molecule is COCCC(C)Sc1nnnn1-c1ccc(O)cc1. The molecule has 2 aromatic rings. The van der Waals surface area contributed by atoms with E-state index in [1.54, 1.807) is 47.8 Å². The molecule has 0 amide bonds. The minimum atomic E-state index is 0.222. The van der Waals surface area contributed by atoms with E-state index in [1.165, 1.54) is 0 Å². The van der Waals surface area contributed by atoms with Crippen LogP contribution in [0.5, 0.6) is 5.75 Å². The first-order valence-electron chi connectivity index (χ1n) is 5.94. The molecule has 6 nitrogen and oxygen atoms in total. The predicted molar refractivity (Wildman–Crippen MR) is 72.6 cm³/mol. The second kappa shape index (κ2) is 6.53.